The number of benzene rings is 3. The Balaban J connectivity index is 1.57. The Kier molecular flexibility index (Phi) is 8.56. The maximum absolute atomic E-state index is 12.9. The van der Waals surface area contributed by atoms with E-state index < -0.39 is 22.0 Å². The van der Waals surface area contributed by atoms with Crippen molar-refractivity contribution in [3.63, 3.8) is 0 Å². The Bertz CT molecular complexity index is 1230. The van der Waals surface area contributed by atoms with Crippen molar-refractivity contribution in [2.24, 2.45) is 0 Å². The van der Waals surface area contributed by atoms with Crippen LogP contribution in [0.5, 0.6) is 0 Å². The first kappa shape index (κ1) is 25.1. The molecule has 0 aliphatic heterocycles. The summed E-state index contributed by atoms with van der Waals surface area (Å²) >= 11 is 0. The molecule has 0 saturated carbocycles. The van der Waals surface area contributed by atoms with Gasteiger partial charge in [-0.2, -0.15) is 0 Å². The summed E-state index contributed by atoms with van der Waals surface area (Å²) in [6.45, 7) is 3.46. The van der Waals surface area contributed by atoms with Gasteiger partial charge < -0.3 is 10.1 Å². The van der Waals surface area contributed by atoms with Crippen LogP contribution in [0.2, 0.25) is 0 Å². The van der Waals surface area contributed by atoms with Crippen LogP contribution in [0.4, 0.5) is 0 Å². The molecule has 2 N–H and O–H groups in total. The Morgan fingerprint density at radius 3 is 2.26 bits per heavy atom. The van der Waals surface area contributed by atoms with Crippen LogP contribution < -0.4 is 10.0 Å². The zero-order valence-corrected chi connectivity index (χ0v) is 20.0. The van der Waals surface area contributed by atoms with Crippen molar-refractivity contribution in [1.29, 1.82) is 0 Å². The van der Waals surface area contributed by atoms with E-state index in [-0.39, 0.29) is 30.4 Å². The van der Waals surface area contributed by atoms with E-state index in [1.165, 1.54) is 0 Å². The fraction of sp³-hybridized carbons (Fsp3) is 0.231. The normalized spacial score (nSPS) is 12.1. The highest BCUT2D eigenvalue weighted by Crippen LogP contribution is 2.21. The first-order valence-electron chi connectivity index (χ1n) is 10.9. The first-order valence-corrected chi connectivity index (χ1v) is 12.4. The van der Waals surface area contributed by atoms with Gasteiger partial charge in [0.05, 0.1) is 17.5 Å². The highest BCUT2D eigenvalue weighted by Gasteiger charge is 2.22. The van der Waals surface area contributed by atoms with Crippen LogP contribution in [0, 0.1) is 13.8 Å². The topological polar surface area (TPSA) is 102 Å². The Labute approximate surface area is 200 Å². The molecule has 0 heterocycles. The maximum atomic E-state index is 12.9. The minimum absolute atomic E-state index is 0.0187. The standard InChI is InChI=1S/C26H28N2O5S/c1-19-11-13-23(14-12-19)34(31,32)28-24(21-8-4-3-5-9-21)15-16-33-25(29)18-27-26(30)22-10-6-7-20(2)17-22/h3-14,17,24,28H,15-16,18H2,1-2H3,(H,27,30)/t24-/m1/s1. The van der Waals surface area contributed by atoms with Crippen molar-refractivity contribution >= 4 is 21.9 Å². The molecule has 0 unspecified atom stereocenters. The zero-order valence-electron chi connectivity index (χ0n) is 19.2. The average Bonchev–Trinajstić information content (AvgIpc) is 2.82. The molecule has 0 saturated heterocycles. The van der Waals surface area contributed by atoms with Gasteiger partial charge in [0.15, 0.2) is 0 Å². The number of hydrogen-bond acceptors (Lipinski definition) is 5. The number of rotatable bonds is 10. The third-order valence-corrected chi connectivity index (χ3v) is 6.66. The summed E-state index contributed by atoms with van der Waals surface area (Å²) in [6, 6.07) is 22.1. The second-order valence-corrected chi connectivity index (χ2v) is 9.67. The van der Waals surface area contributed by atoms with Gasteiger partial charge in [0.25, 0.3) is 5.91 Å². The lowest BCUT2D eigenvalue weighted by Crippen LogP contribution is -2.32. The van der Waals surface area contributed by atoms with Gasteiger partial charge in [-0.05, 0) is 43.7 Å². The molecule has 3 aromatic carbocycles. The van der Waals surface area contributed by atoms with Crippen molar-refractivity contribution in [3.8, 4) is 0 Å². The quantitative estimate of drug-likeness (QED) is 0.431. The zero-order chi connectivity index (χ0) is 24.6. The molecule has 0 fully saturated rings. The van der Waals surface area contributed by atoms with Crippen molar-refractivity contribution in [2.45, 2.75) is 31.2 Å². The minimum Gasteiger partial charge on any atom is -0.464 e. The number of carbonyl (C=O) groups excluding carboxylic acids is 2. The number of hydrogen-bond donors (Lipinski definition) is 2. The number of nitrogens with one attached hydrogen (secondary N) is 2. The lowest BCUT2D eigenvalue weighted by atomic mass is 10.1. The number of sulfonamides is 1. The Morgan fingerprint density at radius 2 is 1.59 bits per heavy atom. The van der Waals surface area contributed by atoms with E-state index >= 15 is 0 Å². The monoisotopic (exact) mass is 480 g/mol. The summed E-state index contributed by atoms with van der Waals surface area (Å²) in [5.41, 5.74) is 3.11. The number of amides is 1. The van der Waals surface area contributed by atoms with Gasteiger partial charge in [0, 0.05) is 12.0 Å². The summed E-state index contributed by atoms with van der Waals surface area (Å²) in [7, 11) is -3.78. The average molecular weight is 481 g/mol. The van der Waals surface area contributed by atoms with Gasteiger partial charge >= 0.3 is 5.97 Å². The summed E-state index contributed by atoms with van der Waals surface area (Å²) in [5.74, 6) is -0.970. The van der Waals surface area contributed by atoms with Gasteiger partial charge in [-0.1, -0.05) is 65.7 Å². The predicted octanol–water partition coefficient (Wildman–Crippen LogP) is 3.69. The maximum Gasteiger partial charge on any atom is 0.325 e. The first-order chi connectivity index (χ1) is 16.2. The molecule has 3 aromatic rings. The van der Waals surface area contributed by atoms with Crippen molar-refractivity contribution < 1.29 is 22.7 Å². The second kappa shape index (κ2) is 11.6. The molecule has 8 heteroatoms. The molecule has 34 heavy (non-hydrogen) atoms. The van der Waals surface area contributed by atoms with Gasteiger partial charge in [0.2, 0.25) is 10.0 Å². The van der Waals surface area contributed by atoms with Crippen LogP contribution in [0.25, 0.3) is 0 Å². The van der Waals surface area contributed by atoms with E-state index in [1.54, 1.807) is 42.5 Å². The summed E-state index contributed by atoms with van der Waals surface area (Å²) in [6.07, 6.45) is 0.229. The summed E-state index contributed by atoms with van der Waals surface area (Å²) < 4.78 is 33.7. The molecule has 1 amide bonds. The van der Waals surface area contributed by atoms with Crippen molar-refractivity contribution in [3.05, 3.63) is 101 Å². The molecule has 0 aliphatic carbocycles. The highest BCUT2D eigenvalue weighted by molar-refractivity contribution is 7.89. The van der Waals surface area contributed by atoms with Gasteiger partial charge in [-0.15, -0.1) is 0 Å². The molecule has 0 aliphatic rings. The predicted molar refractivity (Wildman–Crippen MR) is 130 cm³/mol. The molecule has 7 nitrogen and oxygen atoms in total. The number of ether oxygens (including phenoxy) is 1. The fourth-order valence-corrected chi connectivity index (χ4v) is 4.59. The van der Waals surface area contributed by atoms with Gasteiger partial charge in [-0.25, -0.2) is 13.1 Å². The van der Waals surface area contributed by atoms with E-state index in [0.717, 1.165) is 16.7 Å². The number of esters is 1. The molecule has 0 spiro atoms. The fourth-order valence-electron chi connectivity index (χ4n) is 3.33. The van der Waals surface area contributed by atoms with Crippen molar-refractivity contribution in [1.82, 2.24) is 10.0 Å². The van der Waals surface area contributed by atoms with Gasteiger partial charge in [-0.3, -0.25) is 9.59 Å². The molecule has 0 radical (unpaired) electrons. The van der Waals surface area contributed by atoms with E-state index in [4.69, 9.17) is 4.74 Å². The molecule has 0 aromatic heterocycles. The molecule has 0 bridgehead atoms. The third-order valence-electron chi connectivity index (χ3n) is 5.17. The highest BCUT2D eigenvalue weighted by atomic mass is 32.2. The van der Waals surface area contributed by atoms with E-state index in [9.17, 15) is 18.0 Å². The van der Waals surface area contributed by atoms with Crippen LogP contribution in [-0.4, -0.2) is 33.4 Å². The lowest BCUT2D eigenvalue weighted by Gasteiger charge is -2.19. The van der Waals surface area contributed by atoms with Gasteiger partial charge in [0.1, 0.15) is 6.54 Å². The largest absolute Gasteiger partial charge is 0.464 e. The summed E-state index contributed by atoms with van der Waals surface area (Å²) in [5, 5.41) is 2.54. The van der Waals surface area contributed by atoms with Crippen LogP contribution in [0.3, 0.4) is 0 Å². The van der Waals surface area contributed by atoms with Crippen LogP contribution in [-0.2, 0) is 19.6 Å². The van der Waals surface area contributed by atoms with Crippen LogP contribution in [0.1, 0.15) is 39.5 Å². The SMILES string of the molecule is Cc1ccc(S(=O)(=O)N[C@H](CCOC(=O)CNC(=O)c2cccc(C)c2)c2ccccc2)cc1. The molecule has 1 atom stereocenters. The summed E-state index contributed by atoms with van der Waals surface area (Å²) in [4.78, 5) is 24.5. The van der Waals surface area contributed by atoms with Crippen LogP contribution in [0.15, 0.2) is 83.8 Å². The minimum atomic E-state index is -3.78. The smallest absolute Gasteiger partial charge is 0.325 e. The third kappa shape index (κ3) is 7.26. The number of aryl methyl sites for hydroxylation is 2. The Morgan fingerprint density at radius 1 is 0.882 bits per heavy atom. The number of carbonyl (C=O) groups is 2. The molecular weight excluding hydrogens is 452 g/mol. The molecule has 3 rings (SSSR count). The van der Waals surface area contributed by atoms with E-state index in [2.05, 4.69) is 10.0 Å². The van der Waals surface area contributed by atoms with Crippen LogP contribution >= 0.6 is 0 Å². The van der Waals surface area contributed by atoms with E-state index in [1.807, 2.05) is 50.2 Å². The lowest BCUT2D eigenvalue weighted by molar-refractivity contribution is -0.142. The molecule has 178 valence electrons. The second-order valence-electron chi connectivity index (χ2n) is 7.96. The molecular formula is C26H28N2O5S. The van der Waals surface area contributed by atoms with E-state index in [0.29, 0.717) is 5.56 Å². The Hall–Kier alpha value is -3.49. The van der Waals surface area contributed by atoms with Crippen molar-refractivity contribution in [2.75, 3.05) is 13.2 Å².